The van der Waals surface area contributed by atoms with Crippen molar-refractivity contribution in [1.29, 1.82) is 0 Å². The van der Waals surface area contributed by atoms with E-state index < -0.39 is 52.9 Å². The molecule has 0 aromatic heterocycles. The average molecular weight is 1440 g/mol. The van der Waals surface area contributed by atoms with Crippen LogP contribution in [0.4, 0.5) is 62.3 Å². The first-order valence-electron chi connectivity index (χ1n) is 32.8. The van der Waals surface area contributed by atoms with Crippen LogP contribution in [0.15, 0.2) is 170 Å². The van der Waals surface area contributed by atoms with Gasteiger partial charge in [-0.15, -0.1) is 0 Å². The van der Waals surface area contributed by atoms with Crippen LogP contribution in [0, 0.1) is 20.8 Å². The lowest BCUT2D eigenvalue weighted by Gasteiger charge is -2.20. The van der Waals surface area contributed by atoms with E-state index in [0.717, 1.165) is 62.7 Å². The first-order chi connectivity index (χ1) is 48.7. The van der Waals surface area contributed by atoms with Gasteiger partial charge in [-0.05, 0) is 215 Å². The highest BCUT2D eigenvalue weighted by molar-refractivity contribution is 6.09. The Labute approximate surface area is 593 Å². The third-order valence-electron chi connectivity index (χ3n) is 15.4. The number of ether oxygens (including phenoxy) is 5. The van der Waals surface area contributed by atoms with Crippen LogP contribution in [0.25, 0.3) is 0 Å². The molecule has 0 unspecified atom stereocenters. The summed E-state index contributed by atoms with van der Waals surface area (Å²) in [6.07, 6.45) is -9.55. The number of hydrogen-bond acceptors (Lipinski definition) is 13. The third-order valence-corrected chi connectivity index (χ3v) is 15.4. The van der Waals surface area contributed by atoms with Gasteiger partial charge in [-0.1, -0.05) is 66.7 Å². The second-order valence-corrected chi connectivity index (χ2v) is 24.5. The molecule has 0 bridgehead atoms. The summed E-state index contributed by atoms with van der Waals surface area (Å²) in [4.78, 5) is 56.2. The summed E-state index contributed by atoms with van der Waals surface area (Å²) in [5.41, 5.74) is -0.337. The molecule has 0 heterocycles. The van der Waals surface area contributed by atoms with Gasteiger partial charge in [0.2, 0.25) is 0 Å². The average Bonchev–Trinajstić information content (AvgIpc) is 1.36. The number of rotatable bonds is 24. The molecule has 1 saturated carbocycles. The molecule has 103 heavy (non-hydrogen) atoms. The molecular formula is C77H86F9N7O10. The first-order valence-corrected chi connectivity index (χ1v) is 32.8. The lowest BCUT2D eigenvalue weighted by atomic mass is 10.1. The van der Waals surface area contributed by atoms with Crippen LogP contribution in [-0.2, 0) is 18.5 Å². The van der Waals surface area contributed by atoms with E-state index >= 15 is 0 Å². The molecule has 4 amide bonds. The number of aryl methyl sites for hydroxylation is 3. The second kappa shape index (κ2) is 38.6. The number of halogens is 9. The van der Waals surface area contributed by atoms with Gasteiger partial charge in [0.15, 0.2) is 0 Å². The molecular weight excluding hydrogens is 1350 g/mol. The zero-order valence-corrected chi connectivity index (χ0v) is 58.9. The van der Waals surface area contributed by atoms with Crippen molar-refractivity contribution in [2.75, 3.05) is 110 Å². The SMILES string of the molecule is CCOc1cccc(O)c1C(=O)Nc1ccc(C)c(C(F)(F)F)c1.CN(C)CCOc1ccccc1C(=O)Nc1ccccc1.Cc1ccc(NC(=O)c2c(OCCN(C)C)cccc2OC2CCCC2)cc1C(F)(F)F.Cc1ccc(NC(=O)c2cccc(OCCN(C)C)c2)cc1C(F)(F)F. The number of nitrogens with zero attached hydrogens (tertiary/aromatic N) is 3. The van der Waals surface area contributed by atoms with Crippen LogP contribution >= 0.6 is 0 Å². The number of alkyl halides is 9. The van der Waals surface area contributed by atoms with Crippen molar-refractivity contribution in [2.24, 2.45) is 0 Å². The summed E-state index contributed by atoms with van der Waals surface area (Å²) < 4.78 is 146. The number of amides is 4. The topological polar surface area (TPSA) is 192 Å². The second-order valence-electron chi connectivity index (χ2n) is 24.5. The molecule has 9 rings (SSSR count). The number of aromatic hydroxyl groups is 1. The molecule has 1 fully saturated rings. The van der Waals surface area contributed by atoms with Gasteiger partial charge in [-0.2, -0.15) is 39.5 Å². The summed E-state index contributed by atoms with van der Waals surface area (Å²) in [5, 5.41) is 20.2. The molecule has 552 valence electrons. The van der Waals surface area contributed by atoms with Gasteiger partial charge in [-0.25, -0.2) is 0 Å². The minimum Gasteiger partial charge on any atom is -0.507 e. The van der Waals surface area contributed by atoms with Crippen molar-refractivity contribution in [3.8, 4) is 34.5 Å². The normalized spacial score (nSPS) is 12.2. The lowest BCUT2D eigenvalue weighted by molar-refractivity contribution is -0.138. The first kappa shape index (κ1) is 81.7. The Kier molecular flexibility index (Phi) is 30.6. The fourth-order valence-electron chi connectivity index (χ4n) is 10.0. The van der Waals surface area contributed by atoms with Crippen molar-refractivity contribution < 1.29 is 87.5 Å². The minimum absolute atomic E-state index is 0.00906. The van der Waals surface area contributed by atoms with E-state index in [1.165, 1.54) is 75.4 Å². The number of carbonyl (C=O) groups excluding carboxylic acids is 4. The Bertz CT molecular complexity index is 4090. The number of carbonyl (C=O) groups is 4. The van der Waals surface area contributed by atoms with Crippen LogP contribution < -0.4 is 45.0 Å². The van der Waals surface area contributed by atoms with Crippen molar-refractivity contribution in [3.63, 3.8) is 0 Å². The number of likely N-dealkylation sites (N-methyl/N-ethyl adjacent to an activating group) is 3. The van der Waals surface area contributed by atoms with Crippen LogP contribution in [-0.4, -0.2) is 138 Å². The molecule has 1 aliphatic rings. The maximum absolute atomic E-state index is 13.3. The van der Waals surface area contributed by atoms with E-state index in [1.54, 1.807) is 55.5 Å². The summed E-state index contributed by atoms with van der Waals surface area (Å²) >= 11 is 0. The third kappa shape index (κ3) is 26.2. The molecule has 26 heteroatoms. The number of hydrogen-bond donors (Lipinski definition) is 5. The van der Waals surface area contributed by atoms with Crippen molar-refractivity contribution in [2.45, 2.75) is 78.0 Å². The predicted molar refractivity (Wildman–Crippen MR) is 380 cm³/mol. The van der Waals surface area contributed by atoms with Gasteiger partial charge in [0.05, 0.1) is 35.0 Å². The number of anilines is 4. The fourth-order valence-corrected chi connectivity index (χ4v) is 10.0. The Morgan fingerprint density at radius 1 is 0.427 bits per heavy atom. The van der Waals surface area contributed by atoms with Crippen LogP contribution in [0.5, 0.6) is 34.5 Å². The number of benzene rings is 8. The molecule has 17 nitrogen and oxygen atoms in total. The quantitative estimate of drug-likeness (QED) is 0.0359. The Morgan fingerprint density at radius 2 is 0.835 bits per heavy atom. The maximum atomic E-state index is 13.3. The zero-order valence-electron chi connectivity index (χ0n) is 58.9. The Balaban J connectivity index is 0.000000218. The van der Waals surface area contributed by atoms with Crippen molar-refractivity contribution >= 4 is 46.4 Å². The number of phenolic OH excluding ortho intramolecular Hbond substituents is 1. The van der Waals surface area contributed by atoms with E-state index in [1.807, 2.05) is 106 Å². The molecule has 0 radical (unpaired) electrons. The minimum atomic E-state index is -4.52. The highest BCUT2D eigenvalue weighted by Crippen LogP contribution is 2.39. The maximum Gasteiger partial charge on any atom is 0.416 e. The summed E-state index contributed by atoms with van der Waals surface area (Å²) in [6, 6.07) is 43.5. The number of para-hydroxylation sites is 2. The van der Waals surface area contributed by atoms with E-state index in [4.69, 9.17) is 23.7 Å². The summed E-state index contributed by atoms with van der Waals surface area (Å²) in [5.74, 6) is -0.319. The van der Waals surface area contributed by atoms with Gasteiger partial charge in [-0.3, -0.25) is 19.2 Å². The Morgan fingerprint density at radius 3 is 1.33 bits per heavy atom. The highest BCUT2D eigenvalue weighted by atomic mass is 19.4. The molecule has 0 atom stereocenters. The molecule has 8 aromatic rings. The van der Waals surface area contributed by atoms with E-state index in [-0.39, 0.29) is 75.0 Å². The molecule has 8 aromatic carbocycles. The Hall–Kier alpha value is -10.3. The van der Waals surface area contributed by atoms with Gasteiger partial charge in [0, 0.05) is 47.9 Å². The smallest absolute Gasteiger partial charge is 0.416 e. The van der Waals surface area contributed by atoms with Gasteiger partial charge in [0.1, 0.15) is 65.4 Å². The molecule has 0 spiro atoms. The predicted octanol–water partition coefficient (Wildman–Crippen LogP) is 17.0. The van der Waals surface area contributed by atoms with E-state index in [2.05, 4.69) is 21.3 Å². The van der Waals surface area contributed by atoms with Crippen molar-refractivity contribution in [3.05, 3.63) is 225 Å². The largest absolute Gasteiger partial charge is 0.507 e. The van der Waals surface area contributed by atoms with Gasteiger partial charge < -0.3 is 64.8 Å². The van der Waals surface area contributed by atoms with Crippen LogP contribution in [0.1, 0.15) is 107 Å². The molecule has 0 saturated heterocycles. The monoisotopic (exact) mass is 1440 g/mol. The summed E-state index contributed by atoms with van der Waals surface area (Å²) in [7, 11) is 11.6. The van der Waals surface area contributed by atoms with E-state index in [0.29, 0.717) is 60.5 Å². The number of nitrogens with one attached hydrogen (secondary N) is 4. The van der Waals surface area contributed by atoms with Gasteiger partial charge >= 0.3 is 18.5 Å². The molecule has 0 aliphatic heterocycles. The van der Waals surface area contributed by atoms with Crippen LogP contribution in [0.3, 0.4) is 0 Å². The van der Waals surface area contributed by atoms with Crippen molar-refractivity contribution in [1.82, 2.24) is 14.7 Å². The van der Waals surface area contributed by atoms with Crippen LogP contribution in [0.2, 0.25) is 0 Å². The molecule has 1 aliphatic carbocycles. The zero-order chi connectivity index (χ0) is 75.6. The number of phenols is 1. The fraction of sp³-hybridized carbons (Fsp3) is 0.325. The molecule has 5 N–H and O–H groups in total. The highest BCUT2D eigenvalue weighted by Gasteiger charge is 2.35. The standard InChI is InChI=1S/C24H29F3N2O3.C19H21F3N2O2.C17H16F3NO3.C17H20N2O2/c1-16-11-12-17(15-19(16)24(25,26)27)28-23(30)22-20(31-14-13-29(2)3)9-6-10-21(22)32-18-7-4-5-8-18;1-13-7-8-15(12-17(13)19(20,21)22)23-18(25)14-5-4-6-16(11-14)26-10-9-24(2)3;1-3-24-14-6-4-5-13(22)15(14)16(23)21-11-8-7-10(2)12(9-11)17(18,19)20;1-19(2)12-13-21-16-11-7-6-10-15(16)17(20)18-14-8-4-3-5-9-14/h6,9-12,15,18H,4-5,7-8,13-14H2,1-3H3,(H,28,30);4-8,11-12H,9-10H2,1-3H3,(H,23,25);4-9,22H,3H2,1-2H3,(H,21,23);3-11H,12-13H2,1-2H3,(H,18,20). The van der Waals surface area contributed by atoms with Gasteiger partial charge in [0.25, 0.3) is 23.6 Å². The van der Waals surface area contributed by atoms with E-state index in [9.17, 15) is 63.8 Å². The summed E-state index contributed by atoms with van der Waals surface area (Å²) in [6.45, 7) is 9.60. The lowest BCUT2D eigenvalue weighted by Crippen LogP contribution is -2.22.